The molecule has 0 fully saturated rings. The fourth-order valence-electron chi connectivity index (χ4n) is 1.37. The molecule has 4 N–H and O–H groups in total. The van der Waals surface area contributed by atoms with Crippen LogP contribution in [0.15, 0.2) is 38.4 Å². The third kappa shape index (κ3) is 3.40. The molecular weight excluding hydrogens is 394 g/mol. The zero-order chi connectivity index (χ0) is 14.7. The Morgan fingerprint density at radius 3 is 2.60 bits per heavy atom. The molecule has 0 unspecified atom stereocenters. The Hall–Kier alpha value is -1.80. The average molecular weight is 403 g/mol. The Morgan fingerprint density at radius 2 is 2.00 bits per heavy atom. The van der Waals surface area contributed by atoms with Crippen LogP contribution in [0.5, 0.6) is 11.5 Å². The highest BCUT2D eigenvalue weighted by molar-refractivity contribution is 9.13. The molecule has 1 heterocycles. The monoisotopic (exact) mass is 401 g/mol. The number of aromatic hydroxyl groups is 2. The number of phenolic OH excluding ortho intramolecular Hbond substituents is 2. The Labute approximate surface area is 130 Å². The van der Waals surface area contributed by atoms with E-state index in [-0.39, 0.29) is 11.5 Å². The molecule has 0 atom stereocenters. The van der Waals surface area contributed by atoms with Gasteiger partial charge in [-0.05, 0) is 61.7 Å². The summed E-state index contributed by atoms with van der Waals surface area (Å²) >= 11 is 6.49. The number of aromatic amines is 1. The molecule has 0 saturated heterocycles. The summed E-state index contributed by atoms with van der Waals surface area (Å²) in [6, 6.07) is 5.82. The molecule has 1 aromatic carbocycles. The van der Waals surface area contributed by atoms with Crippen LogP contribution in [0, 0.1) is 0 Å². The lowest BCUT2D eigenvalue weighted by atomic mass is 10.2. The van der Waals surface area contributed by atoms with Crippen LogP contribution < -0.4 is 5.43 Å². The molecule has 0 radical (unpaired) electrons. The first-order valence-electron chi connectivity index (χ1n) is 5.37. The fourth-order valence-corrected chi connectivity index (χ4v) is 2.03. The number of benzene rings is 1. The standard InChI is InChI=1S/C12H9Br2N3O3/c13-7-4-8(16-11(7)14)12(20)17-15-5-6-1-2-9(18)10(19)3-6/h1-5,16,18-19H,(H,17,20)/b15-5+. The lowest BCUT2D eigenvalue weighted by Gasteiger charge is -1.99. The van der Waals surface area contributed by atoms with E-state index in [0.29, 0.717) is 15.9 Å². The summed E-state index contributed by atoms with van der Waals surface area (Å²) in [6.07, 6.45) is 1.35. The molecular formula is C12H9Br2N3O3. The van der Waals surface area contributed by atoms with E-state index in [1.807, 2.05) is 0 Å². The number of carbonyl (C=O) groups excluding carboxylic acids is 1. The van der Waals surface area contributed by atoms with E-state index in [0.717, 1.165) is 4.47 Å². The lowest BCUT2D eigenvalue weighted by molar-refractivity contribution is 0.0950. The van der Waals surface area contributed by atoms with Gasteiger partial charge in [0, 0.05) is 0 Å². The van der Waals surface area contributed by atoms with E-state index in [1.165, 1.54) is 18.3 Å². The molecule has 1 aromatic heterocycles. The fraction of sp³-hybridized carbons (Fsp3) is 0. The molecule has 20 heavy (non-hydrogen) atoms. The number of nitrogens with one attached hydrogen (secondary N) is 2. The van der Waals surface area contributed by atoms with Crippen molar-refractivity contribution in [1.29, 1.82) is 0 Å². The van der Waals surface area contributed by atoms with E-state index in [4.69, 9.17) is 5.11 Å². The van der Waals surface area contributed by atoms with Crippen molar-refractivity contribution in [2.75, 3.05) is 0 Å². The van der Waals surface area contributed by atoms with E-state index < -0.39 is 5.91 Å². The smallest absolute Gasteiger partial charge is 0.287 e. The first-order valence-corrected chi connectivity index (χ1v) is 6.95. The summed E-state index contributed by atoms with van der Waals surface area (Å²) in [5.74, 6) is -0.875. The number of halogens is 2. The molecule has 0 spiro atoms. The quantitative estimate of drug-likeness (QED) is 0.361. The van der Waals surface area contributed by atoms with Crippen molar-refractivity contribution in [3.8, 4) is 11.5 Å². The van der Waals surface area contributed by atoms with E-state index in [2.05, 4.69) is 47.4 Å². The number of rotatable bonds is 3. The Bertz CT molecular complexity index is 663. The van der Waals surface area contributed by atoms with E-state index in [9.17, 15) is 9.90 Å². The van der Waals surface area contributed by atoms with Crippen LogP contribution in [-0.4, -0.2) is 27.3 Å². The highest BCUT2D eigenvalue weighted by Gasteiger charge is 2.09. The zero-order valence-corrected chi connectivity index (χ0v) is 13.1. The number of hydrazone groups is 1. The van der Waals surface area contributed by atoms with Crippen LogP contribution in [0.4, 0.5) is 0 Å². The molecule has 1 amide bonds. The van der Waals surface area contributed by atoms with Crippen molar-refractivity contribution in [3.05, 3.63) is 44.6 Å². The SMILES string of the molecule is O=C(N/N=C/c1ccc(O)c(O)c1)c1cc(Br)c(Br)[nH]1. The minimum Gasteiger partial charge on any atom is -0.504 e. The zero-order valence-electron chi connectivity index (χ0n) is 9.89. The predicted molar refractivity (Wildman–Crippen MR) is 81.0 cm³/mol. The van der Waals surface area contributed by atoms with Gasteiger partial charge in [0.25, 0.3) is 5.91 Å². The van der Waals surface area contributed by atoms with Gasteiger partial charge in [-0.15, -0.1) is 0 Å². The second-order valence-electron chi connectivity index (χ2n) is 3.79. The third-order valence-electron chi connectivity index (χ3n) is 2.35. The van der Waals surface area contributed by atoms with Crippen LogP contribution >= 0.6 is 31.9 Å². The van der Waals surface area contributed by atoms with E-state index >= 15 is 0 Å². The predicted octanol–water partition coefficient (Wildman–Crippen LogP) is 2.71. The summed E-state index contributed by atoms with van der Waals surface area (Å²) in [6.45, 7) is 0. The Morgan fingerprint density at radius 1 is 1.25 bits per heavy atom. The molecule has 0 saturated carbocycles. The van der Waals surface area contributed by atoms with Gasteiger partial charge in [-0.3, -0.25) is 4.79 Å². The van der Waals surface area contributed by atoms with Crippen LogP contribution in [0.25, 0.3) is 0 Å². The summed E-state index contributed by atoms with van der Waals surface area (Å²) < 4.78 is 1.39. The van der Waals surface area contributed by atoms with Crippen molar-refractivity contribution in [1.82, 2.24) is 10.4 Å². The van der Waals surface area contributed by atoms with Crippen molar-refractivity contribution in [2.24, 2.45) is 5.10 Å². The van der Waals surface area contributed by atoms with Crippen LogP contribution in [-0.2, 0) is 0 Å². The molecule has 0 bridgehead atoms. The van der Waals surface area contributed by atoms with Crippen molar-refractivity contribution < 1.29 is 15.0 Å². The first kappa shape index (κ1) is 14.6. The number of aromatic nitrogens is 1. The van der Waals surface area contributed by atoms with Crippen LogP contribution in [0.2, 0.25) is 0 Å². The molecule has 0 aliphatic heterocycles. The number of H-pyrrole nitrogens is 1. The maximum atomic E-state index is 11.7. The van der Waals surface area contributed by atoms with Crippen molar-refractivity contribution in [2.45, 2.75) is 0 Å². The molecule has 104 valence electrons. The summed E-state index contributed by atoms with van der Waals surface area (Å²) in [5, 5.41) is 22.2. The van der Waals surface area contributed by atoms with Gasteiger partial charge in [-0.1, -0.05) is 0 Å². The number of nitrogens with zero attached hydrogens (tertiary/aromatic N) is 1. The van der Waals surface area contributed by atoms with Crippen LogP contribution in [0.3, 0.4) is 0 Å². The summed E-state index contributed by atoms with van der Waals surface area (Å²) in [7, 11) is 0. The minimum absolute atomic E-state index is 0.215. The molecule has 2 aromatic rings. The lowest BCUT2D eigenvalue weighted by Crippen LogP contribution is -2.17. The van der Waals surface area contributed by atoms with Gasteiger partial charge < -0.3 is 15.2 Å². The van der Waals surface area contributed by atoms with Gasteiger partial charge in [0.2, 0.25) is 0 Å². The average Bonchev–Trinajstić information content (AvgIpc) is 2.74. The highest BCUT2D eigenvalue weighted by Crippen LogP contribution is 2.24. The van der Waals surface area contributed by atoms with Crippen molar-refractivity contribution >= 4 is 44.0 Å². The Kier molecular flexibility index (Phi) is 4.46. The number of hydrogen-bond donors (Lipinski definition) is 4. The minimum atomic E-state index is -0.407. The van der Waals surface area contributed by atoms with Gasteiger partial charge in [0.05, 0.1) is 15.3 Å². The summed E-state index contributed by atoms with van der Waals surface area (Å²) in [5.41, 5.74) is 3.21. The second kappa shape index (κ2) is 6.10. The molecule has 0 aliphatic carbocycles. The molecule has 6 nitrogen and oxygen atoms in total. The number of carbonyl (C=O) groups is 1. The molecule has 2 rings (SSSR count). The van der Waals surface area contributed by atoms with Gasteiger partial charge in [0.1, 0.15) is 5.69 Å². The first-order chi connectivity index (χ1) is 9.47. The van der Waals surface area contributed by atoms with E-state index in [1.54, 1.807) is 12.1 Å². The van der Waals surface area contributed by atoms with Crippen LogP contribution in [0.1, 0.15) is 16.1 Å². The highest BCUT2D eigenvalue weighted by atomic mass is 79.9. The maximum absolute atomic E-state index is 11.7. The number of hydrogen-bond acceptors (Lipinski definition) is 4. The summed E-state index contributed by atoms with van der Waals surface area (Å²) in [4.78, 5) is 14.6. The normalized spacial score (nSPS) is 10.9. The third-order valence-corrected chi connectivity index (χ3v) is 4.13. The number of phenols is 2. The second-order valence-corrected chi connectivity index (χ2v) is 5.44. The van der Waals surface area contributed by atoms with Crippen molar-refractivity contribution in [3.63, 3.8) is 0 Å². The van der Waals surface area contributed by atoms with Gasteiger partial charge >= 0.3 is 0 Å². The molecule has 0 aliphatic rings. The Balaban J connectivity index is 2.02. The maximum Gasteiger partial charge on any atom is 0.287 e. The topological polar surface area (TPSA) is 97.7 Å². The van der Waals surface area contributed by atoms with Gasteiger partial charge in [0.15, 0.2) is 11.5 Å². The van der Waals surface area contributed by atoms with Gasteiger partial charge in [-0.2, -0.15) is 5.10 Å². The number of amides is 1. The largest absolute Gasteiger partial charge is 0.504 e. The molecule has 8 heteroatoms. The van der Waals surface area contributed by atoms with Gasteiger partial charge in [-0.25, -0.2) is 5.43 Å².